The van der Waals surface area contributed by atoms with Gasteiger partial charge in [-0.25, -0.2) is 18.7 Å². The van der Waals surface area contributed by atoms with Crippen molar-refractivity contribution in [2.45, 2.75) is 43.1 Å². The van der Waals surface area contributed by atoms with Crippen molar-refractivity contribution in [3.63, 3.8) is 0 Å². The number of nitrogens with zero attached hydrogens (tertiary/aromatic N) is 1. The van der Waals surface area contributed by atoms with Gasteiger partial charge in [0, 0.05) is 37.0 Å². The molecule has 168 valence electrons. The standard InChI is InChI=1S/C21H26N2O7S/c1-21(19(24)22-26,31(3,27)28)12-18-13-23(20(25)30-18)16-8-6-14(7-9-16)4-5-15-10-17(11-15)29-2/h6-9,15,17-18,26H,10-13H2,1-3H3,(H,22,24)/t15?,17?,18-,21+/m0/s1. The molecule has 0 spiro atoms. The number of rotatable bonds is 6. The molecule has 1 aliphatic carbocycles. The van der Waals surface area contributed by atoms with Crippen LogP contribution in [0.25, 0.3) is 0 Å². The highest BCUT2D eigenvalue weighted by Crippen LogP contribution is 2.31. The Labute approximate surface area is 181 Å². The molecule has 0 bridgehead atoms. The van der Waals surface area contributed by atoms with E-state index in [0.717, 1.165) is 24.7 Å². The van der Waals surface area contributed by atoms with Crippen LogP contribution in [0.3, 0.4) is 0 Å². The van der Waals surface area contributed by atoms with Crippen molar-refractivity contribution < 1.29 is 32.7 Å². The van der Waals surface area contributed by atoms with Crippen LogP contribution in [0, 0.1) is 17.8 Å². The van der Waals surface area contributed by atoms with E-state index in [9.17, 15) is 18.0 Å². The molecule has 1 saturated carbocycles. The average molecular weight is 451 g/mol. The van der Waals surface area contributed by atoms with Gasteiger partial charge in [-0.15, -0.1) is 0 Å². The Morgan fingerprint density at radius 2 is 2.00 bits per heavy atom. The van der Waals surface area contributed by atoms with Crippen LogP contribution in [-0.2, 0) is 24.1 Å². The summed E-state index contributed by atoms with van der Waals surface area (Å²) in [5, 5.41) is 8.94. The molecule has 2 N–H and O–H groups in total. The summed E-state index contributed by atoms with van der Waals surface area (Å²) in [4.78, 5) is 25.7. The third kappa shape index (κ3) is 4.84. The molecule has 2 aliphatic rings. The predicted molar refractivity (Wildman–Crippen MR) is 112 cm³/mol. The summed E-state index contributed by atoms with van der Waals surface area (Å²) in [6.45, 7) is 1.27. The lowest BCUT2D eigenvalue weighted by atomic mass is 9.83. The van der Waals surface area contributed by atoms with Crippen LogP contribution in [0.4, 0.5) is 10.5 Å². The molecule has 2 atom stereocenters. The Balaban J connectivity index is 1.66. The Morgan fingerprint density at radius 1 is 1.35 bits per heavy atom. The van der Waals surface area contributed by atoms with Crippen molar-refractivity contribution in [3.8, 4) is 11.8 Å². The van der Waals surface area contributed by atoms with Gasteiger partial charge in [0.1, 0.15) is 6.10 Å². The smallest absolute Gasteiger partial charge is 0.414 e. The van der Waals surface area contributed by atoms with E-state index >= 15 is 0 Å². The Morgan fingerprint density at radius 3 is 2.55 bits per heavy atom. The fourth-order valence-corrected chi connectivity index (χ4v) is 4.46. The van der Waals surface area contributed by atoms with Crippen LogP contribution in [0.15, 0.2) is 24.3 Å². The SMILES string of the molecule is COC1CC(C#Cc2ccc(N3C[C@H](C[C@](C)(C(=O)NO)S(C)(=O)=O)OC3=O)cc2)C1. The number of amides is 2. The number of carbonyl (C=O) groups excluding carboxylic acids is 2. The molecule has 2 amide bonds. The zero-order valence-corrected chi connectivity index (χ0v) is 18.4. The Hall–Kier alpha value is -2.61. The van der Waals surface area contributed by atoms with Crippen LogP contribution >= 0.6 is 0 Å². The van der Waals surface area contributed by atoms with Crippen molar-refractivity contribution in [3.05, 3.63) is 29.8 Å². The molecule has 3 rings (SSSR count). The maximum absolute atomic E-state index is 12.3. The molecule has 1 aliphatic heterocycles. The fraction of sp³-hybridized carbons (Fsp3) is 0.524. The normalized spacial score (nSPS) is 25.0. The number of hydrogen-bond donors (Lipinski definition) is 2. The van der Waals surface area contributed by atoms with Gasteiger partial charge in [0.25, 0.3) is 5.91 Å². The summed E-state index contributed by atoms with van der Waals surface area (Å²) in [5.41, 5.74) is 2.78. The van der Waals surface area contributed by atoms with Crippen molar-refractivity contribution in [1.82, 2.24) is 5.48 Å². The second-order valence-electron chi connectivity index (χ2n) is 8.11. The van der Waals surface area contributed by atoms with Gasteiger partial charge in [-0.1, -0.05) is 11.8 Å². The number of anilines is 1. The van der Waals surface area contributed by atoms with E-state index in [-0.39, 0.29) is 13.0 Å². The van der Waals surface area contributed by atoms with Gasteiger partial charge in [-0.3, -0.25) is 14.9 Å². The summed E-state index contributed by atoms with van der Waals surface area (Å²) in [6.07, 6.45) is 1.31. The highest BCUT2D eigenvalue weighted by Gasteiger charge is 2.48. The van der Waals surface area contributed by atoms with Crippen LogP contribution in [-0.4, -0.2) is 62.5 Å². The number of hydrogen-bond acceptors (Lipinski definition) is 7. The number of ether oxygens (including phenoxy) is 2. The second kappa shape index (κ2) is 8.86. The Bertz CT molecular complexity index is 1010. The topological polar surface area (TPSA) is 122 Å². The van der Waals surface area contributed by atoms with Crippen molar-refractivity contribution in [2.24, 2.45) is 5.92 Å². The molecule has 1 saturated heterocycles. The maximum atomic E-state index is 12.3. The number of cyclic esters (lactones) is 1. The molecule has 0 radical (unpaired) electrons. The third-order valence-electron chi connectivity index (χ3n) is 5.92. The monoisotopic (exact) mass is 450 g/mol. The molecule has 10 heteroatoms. The highest BCUT2D eigenvalue weighted by atomic mass is 32.2. The first-order valence-corrected chi connectivity index (χ1v) is 11.7. The molecule has 0 aromatic heterocycles. The third-order valence-corrected chi connectivity index (χ3v) is 7.91. The minimum absolute atomic E-state index is 0.0775. The van der Waals surface area contributed by atoms with Crippen molar-refractivity contribution >= 4 is 27.5 Å². The minimum Gasteiger partial charge on any atom is -0.444 e. The summed E-state index contributed by atoms with van der Waals surface area (Å²) in [7, 11) is -2.19. The number of nitrogens with one attached hydrogen (secondary N) is 1. The molecule has 1 aromatic rings. The van der Waals surface area contributed by atoms with Gasteiger partial charge < -0.3 is 9.47 Å². The summed E-state index contributed by atoms with van der Waals surface area (Å²) in [5.74, 6) is 5.59. The predicted octanol–water partition coefficient (Wildman–Crippen LogP) is 1.49. The average Bonchev–Trinajstić information content (AvgIpc) is 3.05. The van der Waals surface area contributed by atoms with E-state index in [4.69, 9.17) is 14.7 Å². The molecule has 0 unspecified atom stereocenters. The first kappa shape index (κ1) is 23.1. The van der Waals surface area contributed by atoms with E-state index in [1.165, 1.54) is 17.3 Å². The summed E-state index contributed by atoms with van der Waals surface area (Å²) >= 11 is 0. The zero-order valence-electron chi connectivity index (χ0n) is 17.6. The number of sulfone groups is 1. The molecule has 31 heavy (non-hydrogen) atoms. The van der Waals surface area contributed by atoms with Crippen molar-refractivity contribution in [1.29, 1.82) is 0 Å². The van der Waals surface area contributed by atoms with E-state index in [0.29, 0.717) is 17.7 Å². The number of benzene rings is 1. The molecule has 1 heterocycles. The molecule has 2 fully saturated rings. The molecule has 9 nitrogen and oxygen atoms in total. The Kier molecular flexibility index (Phi) is 6.59. The molecular weight excluding hydrogens is 424 g/mol. The summed E-state index contributed by atoms with van der Waals surface area (Å²) in [6, 6.07) is 7.08. The largest absolute Gasteiger partial charge is 0.444 e. The van der Waals surface area contributed by atoms with Crippen LogP contribution in [0.2, 0.25) is 0 Å². The van der Waals surface area contributed by atoms with Crippen LogP contribution < -0.4 is 10.4 Å². The summed E-state index contributed by atoms with van der Waals surface area (Å²) < 4.78 is 32.9. The second-order valence-corrected chi connectivity index (χ2v) is 10.6. The van der Waals surface area contributed by atoms with Gasteiger partial charge in [0.2, 0.25) is 0 Å². The quantitative estimate of drug-likeness (QED) is 0.382. The van der Waals surface area contributed by atoms with Gasteiger partial charge in [-0.2, -0.15) is 0 Å². The van der Waals surface area contributed by atoms with E-state index in [1.807, 2.05) is 0 Å². The van der Waals surface area contributed by atoms with Crippen molar-refractivity contribution in [2.75, 3.05) is 24.8 Å². The van der Waals surface area contributed by atoms with Gasteiger partial charge in [-0.05, 0) is 44.0 Å². The van der Waals surface area contributed by atoms with E-state index in [1.54, 1.807) is 31.4 Å². The number of methoxy groups -OCH3 is 1. The highest BCUT2D eigenvalue weighted by molar-refractivity contribution is 7.92. The maximum Gasteiger partial charge on any atom is 0.414 e. The van der Waals surface area contributed by atoms with Gasteiger partial charge in [0.15, 0.2) is 14.6 Å². The minimum atomic E-state index is -3.89. The molecule has 1 aromatic carbocycles. The molecular formula is C21H26N2O7S. The lowest BCUT2D eigenvalue weighted by molar-refractivity contribution is -0.132. The van der Waals surface area contributed by atoms with Crippen LogP contribution in [0.1, 0.15) is 31.7 Å². The lowest BCUT2D eigenvalue weighted by Crippen LogP contribution is -2.51. The van der Waals surface area contributed by atoms with Gasteiger partial charge in [0.05, 0.1) is 12.6 Å². The number of carbonyl (C=O) groups is 2. The fourth-order valence-electron chi connectivity index (χ4n) is 3.59. The van der Waals surface area contributed by atoms with Crippen LogP contribution in [0.5, 0.6) is 0 Å². The first-order valence-electron chi connectivity index (χ1n) is 9.84. The first-order chi connectivity index (χ1) is 14.6. The van der Waals surface area contributed by atoms with E-state index < -0.39 is 32.7 Å². The zero-order chi connectivity index (χ0) is 22.8. The van der Waals surface area contributed by atoms with E-state index in [2.05, 4.69) is 11.8 Å². The van der Waals surface area contributed by atoms with Gasteiger partial charge >= 0.3 is 6.09 Å². The number of hydroxylamine groups is 1. The lowest BCUT2D eigenvalue weighted by Gasteiger charge is -2.30.